The molecule has 0 spiro atoms. The minimum Gasteiger partial charge on any atom is -0.439 e. The quantitative estimate of drug-likeness (QED) is 0.550. The van der Waals surface area contributed by atoms with E-state index in [0.717, 1.165) is 6.07 Å². The summed E-state index contributed by atoms with van der Waals surface area (Å²) in [4.78, 5) is 11.3. The van der Waals surface area contributed by atoms with Crippen LogP contribution in [0.2, 0.25) is 0 Å². The van der Waals surface area contributed by atoms with Gasteiger partial charge in [-0.25, -0.2) is 9.37 Å². The molecule has 0 bridgehead atoms. The van der Waals surface area contributed by atoms with Gasteiger partial charge in [0.15, 0.2) is 11.5 Å². The lowest BCUT2D eigenvalue weighted by Gasteiger charge is -2.11. The van der Waals surface area contributed by atoms with Crippen molar-refractivity contribution in [3.63, 3.8) is 0 Å². The minimum absolute atomic E-state index is 0.115. The molecule has 128 valence electrons. The molecule has 0 aliphatic rings. The van der Waals surface area contributed by atoms with Crippen LogP contribution in [0.4, 0.5) is 17.6 Å². The van der Waals surface area contributed by atoms with Gasteiger partial charge in [-0.05, 0) is 46.3 Å². The van der Waals surface area contributed by atoms with E-state index in [0.29, 0.717) is 11.6 Å². The molecule has 3 rings (SSSR count). The van der Waals surface area contributed by atoms with E-state index < -0.39 is 17.7 Å². The molecular formula is C16H8BrF4N3O. The van der Waals surface area contributed by atoms with Crippen LogP contribution >= 0.6 is 15.9 Å². The zero-order chi connectivity index (χ0) is 18.0. The molecule has 0 aliphatic heterocycles. The van der Waals surface area contributed by atoms with Crippen LogP contribution in [0, 0.1) is 5.82 Å². The van der Waals surface area contributed by atoms with Crippen LogP contribution in [0.15, 0.2) is 53.3 Å². The van der Waals surface area contributed by atoms with Crippen molar-refractivity contribution in [2.75, 3.05) is 0 Å². The van der Waals surface area contributed by atoms with Crippen LogP contribution in [0.25, 0.3) is 11.4 Å². The zero-order valence-corrected chi connectivity index (χ0v) is 13.8. The normalized spacial score (nSPS) is 11.4. The first-order valence-electron chi connectivity index (χ1n) is 6.82. The molecule has 9 heteroatoms. The lowest BCUT2D eigenvalue weighted by atomic mass is 10.2. The maximum atomic E-state index is 13.3. The Hall–Kier alpha value is -2.55. The fourth-order valence-electron chi connectivity index (χ4n) is 1.91. The van der Waals surface area contributed by atoms with Gasteiger partial charge in [0.05, 0.1) is 4.47 Å². The van der Waals surface area contributed by atoms with Gasteiger partial charge in [0.1, 0.15) is 11.6 Å². The number of halogens is 5. The van der Waals surface area contributed by atoms with Crippen LogP contribution in [-0.2, 0) is 6.18 Å². The van der Waals surface area contributed by atoms with Gasteiger partial charge in [-0.1, -0.05) is 0 Å². The van der Waals surface area contributed by atoms with Crippen LogP contribution in [0.5, 0.6) is 11.6 Å². The molecule has 0 atom stereocenters. The highest BCUT2D eigenvalue weighted by molar-refractivity contribution is 9.10. The number of hydrogen-bond acceptors (Lipinski definition) is 4. The second kappa shape index (κ2) is 6.75. The van der Waals surface area contributed by atoms with E-state index in [9.17, 15) is 17.6 Å². The molecule has 2 aromatic heterocycles. The molecule has 0 N–H and O–H groups in total. The van der Waals surface area contributed by atoms with Crippen LogP contribution in [0.3, 0.4) is 0 Å². The molecule has 0 saturated carbocycles. The molecule has 0 amide bonds. The number of pyridine rings is 1. The van der Waals surface area contributed by atoms with Crippen molar-refractivity contribution < 1.29 is 22.3 Å². The number of nitrogens with zero attached hydrogens (tertiary/aromatic N) is 3. The Labute approximate surface area is 147 Å². The Morgan fingerprint density at radius 2 is 1.68 bits per heavy atom. The number of benzene rings is 1. The van der Waals surface area contributed by atoms with Crippen molar-refractivity contribution in [3.8, 4) is 23.0 Å². The third kappa shape index (κ3) is 4.11. The van der Waals surface area contributed by atoms with E-state index in [1.807, 2.05) is 0 Å². The summed E-state index contributed by atoms with van der Waals surface area (Å²) >= 11 is 2.98. The van der Waals surface area contributed by atoms with E-state index in [1.165, 1.54) is 36.7 Å². The highest BCUT2D eigenvalue weighted by Gasteiger charge is 2.34. The molecular weight excluding hydrogens is 406 g/mol. The second-order valence-electron chi connectivity index (χ2n) is 4.83. The third-order valence-electron chi connectivity index (χ3n) is 3.05. The summed E-state index contributed by atoms with van der Waals surface area (Å²) in [5, 5.41) is 0. The van der Waals surface area contributed by atoms with Crippen LogP contribution in [-0.4, -0.2) is 15.0 Å². The highest BCUT2D eigenvalue weighted by atomic mass is 79.9. The Bertz CT molecular complexity index is 904. The molecule has 0 radical (unpaired) electrons. The average Bonchev–Trinajstić information content (AvgIpc) is 2.58. The summed E-state index contributed by atoms with van der Waals surface area (Å²) in [5.74, 6) is -0.870. The van der Waals surface area contributed by atoms with Gasteiger partial charge in [-0.15, -0.1) is 0 Å². The fraction of sp³-hybridized carbons (Fsp3) is 0.0625. The van der Waals surface area contributed by atoms with Crippen molar-refractivity contribution in [2.45, 2.75) is 6.18 Å². The van der Waals surface area contributed by atoms with Crippen LogP contribution in [0.1, 0.15) is 5.69 Å². The van der Waals surface area contributed by atoms with Crippen LogP contribution < -0.4 is 4.74 Å². The standard InChI is InChI=1S/C16H8BrF4N3O/c17-11-7-10(1-2-12(11)18)25-14-8-13(16(19,20)21)23-15(24-14)9-3-5-22-6-4-9/h1-8H. The van der Waals surface area contributed by atoms with Gasteiger partial charge in [-0.2, -0.15) is 18.2 Å². The Kier molecular flexibility index (Phi) is 4.67. The van der Waals surface area contributed by atoms with Crippen molar-refractivity contribution in [2.24, 2.45) is 0 Å². The lowest BCUT2D eigenvalue weighted by molar-refractivity contribution is -0.141. The predicted molar refractivity (Wildman–Crippen MR) is 84.4 cm³/mol. The molecule has 0 aliphatic carbocycles. The summed E-state index contributed by atoms with van der Waals surface area (Å²) in [6.45, 7) is 0. The first-order chi connectivity index (χ1) is 11.8. The SMILES string of the molecule is Fc1ccc(Oc2cc(C(F)(F)F)nc(-c3ccncc3)n2)cc1Br. The predicted octanol–water partition coefficient (Wildman–Crippen LogP) is 5.25. The fourth-order valence-corrected chi connectivity index (χ4v) is 2.27. The number of ether oxygens (including phenoxy) is 1. The van der Waals surface area contributed by atoms with Gasteiger partial charge in [0.2, 0.25) is 5.88 Å². The maximum Gasteiger partial charge on any atom is 0.433 e. The molecule has 0 saturated heterocycles. The van der Waals surface area contributed by atoms with Gasteiger partial charge in [0, 0.05) is 24.0 Å². The number of rotatable bonds is 3. The number of alkyl halides is 3. The topological polar surface area (TPSA) is 47.9 Å². The molecule has 25 heavy (non-hydrogen) atoms. The molecule has 4 nitrogen and oxygen atoms in total. The van der Waals surface area contributed by atoms with E-state index in [2.05, 4.69) is 30.9 Å². The summed E-state index contributed by atoms with van der Waals surface area (Å²) in [7, 11) is 0. The molecule has 0 unspecified atom stereocenters. The largest absolute Gasteiger partial charge is 0.439 e. The first kappa shape index (κ1) is 17.3. The number of hydrogen-bond donors (Lipinski definition) is 0. The summed E-state index contributed by atoms with van der Waals surface area (Å²) in [6, 6.07) is 7.33. The van der Waals surface area contributed by atoms with Crippen molar-refractivity contribution in [1.29, 1.82) is 0 Å². The van der Waals surface area contributed by atoms with Gasteiger partial charge in [0.25, 0.3) is 0 Å². The molecule has 1 aromatic carbocycles. The minimum atomic E-state index is -4.67. The average molecular weight is 414 g/mol. The number of aromatic nitrogens is 3. The van der Waals surface area contributed by atoms with E-state index in [4.69, 9.17) is 4.74 Å². The summed E-state index contributed by atoms with van der Waals surface area (Å²) in [5.41, 5.74) is -0.795. The van der Waals surface area contributed by atoms with Crippen molar-refractivity contribution in [3.05, 3.63) is 64.8 Å². The van der Waals surface area contributed by atoms with Crippen molar-refractivity contribution in [1.82, 2.24) is 15.0 Å². The molecule has 2 heterocycles. The Balaban J connectivity index is 2.04. The van der Waals surface area contributed by atoms with E-state index >= 15 is 0 Å². The smallest absolute Gasteiger partial charge is 0.433 e. The van der Waals surface area contributed by atoms with E-state index in [1.54, 1.807) is 0 Å². The second-order valence-corrected chi connectivity index (χ2v) is 5.68. The lowest BCUT2D eigenvalue weighted by Crippen LogP contribution is -2.10. The van der Waals surface area contributed by atoms with Gasteiger partial charge in [-0.3, -0.25) is 4.98 Å². The first-order valence-corrected chi connectivity index (χ1v) is 7.62. The summed E-state index contributed by atoms with van der Waals surface area (Å²) in [6.07, 6.45) is -1.85. The molecule has 3 aromatic rings. The highest BCUT2D eigenvalue weighted by Crippen LogP contribution is 2.33. The molecule has 0 fully saturated rings. The van der Waals surface area contributed by atoms with Gasteiger partial charge < -0.3 is 4.74 Å². The van der Waals surface area contributed by atoms with Gasteiger partial charge >= 0.3 is 6.18 Å². The monoisotopic (exact) mass is 413 g/mol. The van der Waals surface area contributed by atoms with E-state index in [-0.39, 0.29) is 21.9 Å². The maximum absolute atomic E-state index is 13.3. The van der Waals surface area contributed by atoms with Crippen molar-refractivity contribution >= 4 is 15.9 Å². The zero-order valence-electron chi connectivity index (χ0n) is 12.3. The third-order valence-corrected chi connectivity index (χ3v) is 3.65. The Morgan fingerprint density at radius 3 is 2.32 bits per heavy atom. The Morgan fingerprint density at radius 1 is 0.960 bits per heavy atom. The summed E-state index contributed by atoms with van der Waals surface area (Å²) < 4.78 is 58.0.